The maximum atomic E-state index is 11.2. The predicted molar refractivity (Wildman–Crippen MR) is 184 cm³/mol. The molecule has 1 spiro atoms. The number of fused-ring (bicyclic) bond motifs is 7. The van der Waals surface area contributed by atoms with Gasteiger partial charge in [-0.2, -0.15) is 0 Å². The van der Waals surface area contributed by atoms with Gasteiger partial charge < -0.3 is 69.3 Å². The molecular weight excluding hydrogens is 692 g/mol. The van der Waals surface area contributed by atoms with Crippen LogP contribution in [0.15, 0.2) is 0 Å². The monoisotopic (exact) mass is 756 g/mol. The average molecular weight is 757 g/mol. The van der Waals surface area contributed by atoms with Crippen LogP contribution in [0.4, 0.5) is 0 Å². The zero-order valence-electron chi connectivity index (χ0n) is 31.6. The van der Waals surface area contributed by atoms with E-state index in [0.717, 1.165) is 51.4 Å². The van der Waals surface area contributed by atoms with E-state index in [4.69, 9.17) is 28.4 Å². The lowest BCUT2D eigenvalue weighted by Crippen LogP contribution is -2.65. The fourth-order valence-corrected chi connectivity index (χ4v) is 13.3. The van der Waals surface area contributed by atoms with Gasteiger partial charge in [0.05, 0.1) is 32.0 Å². The summed E-state index contributed by atoms with van der Waals surface area (Å²) < 4.78 is 37.2. The van der Waals surface area contributed by atoms with E-state index in [1.807, 2.05) is 0 Å². The van der Waals surface area contributed by atoms with Crippen molar-refractivity contribution in [1.29, 1.82) is 0 Å². The molecule has 14 nitrogen and oxygen atoms in total. The van der Waals surface area contributed by atoms with E-state index in [1.54, 1.807) is 0 Å². The molecule has 53 heavy (non-hydrogen) atoms. The first-order chi connectivity index (χ1) is 25.2. The van der Waals surface area contributed by atoms with Crippen LogP contribution in [0, 0.1) is 52.3 Å². The van der Waals surface area contributed by atoms with Crippen molar-refractivity contribution in [2.45, 2.75) is 171 Å². The molecule has 0 bridgehead atoms. The summed E-state index contributed by atoms with van der Waals surface area (Å²) in [6.07, 6.45) is -6.75. The highest BCUT2D eigenvalue weighted by Crippen LogP contribution is 2.71. The molecule has 5 unspecified atom stereocenters. The molecule has 4 saturated carbocycles. The maximum absolute atomic E-state index is 11.2. The number of ether oxygens (including phenoxy) is 6. The standard InChI is InChI=1S/C39H64O14/c1-17-11-27(42)39(48-16-17)18(2)28-24(53-39)13-23-21-6-5-19-12-20(7-9-37(19,3)22(21)8-10-38(23,28)4)49-36-34(32(46)30(44)26(15-41)51-36)52-35-33(47)31(45)29(43)25(14-40)50-35/h17-36,40-47H,5-16H2,1-4H3/t17-,18-,19+,20-,21?,22?,23?,24?,25+,26+,27-,28?,29+,30-,31-,32-,33+,34+,35-,36+,37-,38-,39-/m0/s1. The van der Waals surface area contributed by atoms with E-state index >= 15 is 0 Å². The first-order valence-electron chi connectivity index (χ1n) is 20.4. The topological polar surface area (TPSA) is 217 Å². The zero-order chi connectivity index (χ0) is 37.8. The minimum Gasteiger partial charge on any atom is -0.394 e. The van der Waals surface area contributed by atoms with Gasteiger partial charge in [0.25, 0.3) is 0 Å². The molecule has 4 heterocycles. The van der Waals surface area contributed by atoms with Gasteiger partial charge in [-0.3, -0.25) is 0 Å². The van der Waals surface area contributed by atoms with Crippen LogP contribution in [0.5, 0.6) is 0 Å². The molecule has 23 atom stereocenters. The van der Waals surface area contributed by atoms with Gasteiger partial charge in [-0.25, -0.2) is 0 Å². The van der Waals surface area contributed by atoms with Crippen LogP contribution in [0.25, 0.3) is 0 Å². The molecule has 0 amide bonds. The van der Waals surface area contributed by atoms with E-state index in [0.29, 0.717) is 48.5 Å². The van der Waals surface area contributed by atoms with Crippen LogP contribution >= 0.6 is 0 Å². The molecule has 4 aliphatic carbocycles. The van der Waals surface area contributed by atoms with E-state index in [1.165, 1.54) is 0 Å². The first-order valence-corrected chi connectivity index (χ1v) is 20.4. The summed E-state index contributed by atoms with van der Waals surface area (Å²) in [6, 6.07) is 0. The third-order valence-corrected chi connectivity index (χ3v) is 16.2. The molecule has 0 radical (unpaired) electrons. The van der Waals surface area contributed by atoms with E-state index in [2.05, 4.69) is 27.7 Å². The van der Waals surface area contributed by atoms with Crippen molar-refractivity contribution in [3.8, 4) is 0 Å². The molecule has 8 aliphatic rings. The molecule has 304 valence electrons. The Morgan fingerprint density at radius 3 is 2.06 bits per heavy atom. The Hall–Kier alpha value is -0.560. The normalized spacial score (nSPS) is 59.5. The SMILES string of the molecule is C[C@@H]1CO[C@@]2(OC3CC4C5CC[C@@H]6C[C@@H](O[C@@H]7O[C@H](CO)[C@H](O)[C@H](O)[C@H]7O[C@@H]7O[C@H](CO)[C@@H](O)[C@H](O)[C@H]7O)CC[C@]6(C)C5CC[C@]4(C)C3[C@@H]2C)[C@@H](O)C1. The molecule has 8 N–H and O–H groups in total. The average Bonchev–Trinajstić information content (AvgIpc) is 3.59. The summed E-state index contributed by atoms with van der Waals surface area (Å²) >= 11 is 0. The van der Waals surface area contributed by atoms with Crippen molar-refractivity contribution < 1.29 is 69.3 Å². The van der Waals surface area contributed by atoms with Crippen molar-refractivity contribution in [2.75, 3.05) is 19.8 Å². The summed E-state index contributed by atoms with van der Waals surface area (Å²) in [7, 11) is 0. The summed E-state index contributed by atoms with van der Waals surface area (Å²) in [5.41, 5.74) is 0.255. The maximum Gasteiger partial charge on any atom is 0.197 e. The van der Waals surface area contributed by atoms with Gasteiger partial charge in [0.1, 0.15) is 54.9 Å². The van der Waals surface area contributed by atoms with Gasteiger partial charge in [0.15, 0.2) is 18.4 Å². The number of hydrogen-bond donors (Lipinski definition) is 8. The third kappa shape index (κ3) is 6.11. The molecule has 0 aromatic carbocycles. The van der Waals surface area contributed by atoms with Crippen LogP contribution in [-0.4, -0.2) is 146 Å². The number of hydrogen-bond acceptors (Lipinski definition) is 14. The van der Waals surface area contributed by atoms with Gasteiger partial charge >= 0.3 is 0 Å². The molecule has 0 aromatic heterocycles. The summed E-state index contributed by atoms with van der Waals surface area (Å²) in [5.74, 6) is 2.05. The molecule has 0 aromatic rings. The lowest BCUT2D eigenvalue weighted by molar-refractivity contribution is -0.373. The van der Waals surface area contributed by atoms with Crippen molar-refractivity contribution >= 4 is 0 Å². The Kier molecular flexibility index (Phi) is 10.6. The summed E-state index contributed by atoms with van der Waals surface area (Å²) in [6.45, 7) is 8.73. The Labute approximate surface area is 312 Å². The molecule has 8 fully saturated rings. The Morgan fingerprint density at radius 2 is 1.36 bits per heavy atom. The van der Waals surface area contributed by atoms with E-state index in [-0.39, 0.29) is 29.0 Å². The van der Waals surface area contributed by atoms with Crippen LogP contribution in [0.2, 0.25) is 0 Å². The highest BCUT2D eigenvalue weighted by Gasteiger charge is 2.71. The lowest BCUT2D eigenvalue weighted by atomic mass is 9.44. The van der Waals surface area contributed by atoms with Crippen molar-refractivity contribution in [3.63, 3.8) is 0 Å². The van der Waals surface area contributed by atoms with Crippen molar-refractivity contribution in [3.05, 3.63) is 0 Å². The van der Waals surface area contributed by atoms with Gasteiger partial charge in [-0.05, 0) is 104 Å². The Balaban J connectivity index is 0.945. The van der Waals surface area contributed by atoms with E-state index in [9.17, 15) is 40.9 Å². The number of aliphatic hydroxyl groups is 8. The highest BCUT2D eigenvalue weighted by atomic mass is 16.8. The largest absolute Gasteiger partial charge is 0.394 e. The number of aliphatic hydroxyl groups excluding tert-OH is 8. The third-order valence-electron chi connectivity index (χ3n) is 16.2. The Bertz CT molecular complexity index is 1310. The zero-order valence-corrected chi connectivity index (χ0v) is 31.6. The second-order valence-corrected chi connectivity index (χ2v) is 18.8. The molecule has 8 rings (SSSR count). The van der Waals surface area contributed by atoms with Crippen LogP contribution in [0.3, 0.4) is 0 Å². The quantitative estimate of drug-likeness (QED) is 0.173. The second-order valence-electron chi connectivity index (χ2n) is 18.8. The predicted octanol–water partition coefficient (Wildman–Crippen LogP) is 0.413. The van der Waals surface area contributed by atoms with Gasteiger partial charge in [-0.1, -0.05) is 27.7 Å². The minimum atomic E-state index is -1.72. The smallest absolute Gasteiger partial charge is 0.197 e. The van der Waals surface area contributed by atoms with Crippen LogP contribution in [0.1, 0.15) is 85.5 Å². The minimum absolute atomic E-state index is 0.0988. The van der Waals surface area contributed by atoms with Gasteiger partial charge in [0.2, 0.25) is 0 Å². The van der Waals surface area contributed by atoms with Crippen LogP contribution < -0.4 is 0 Å². The molecule has 4 aliphatic heterocycles. The van der Waals surface area contributed by atoms with E-state index < -0.39 is 86.5 Å². The second kappa shape index (κ2) is 14.4. The summed E-state index contributed by atoms with van der Waals surface area (Å²) in [4.78, 5) is 0. The van der Waals surface area contributed by atoms with Gasteiger partial charge in [0, 0.05) is 5.92 Å². The number of rotatable bonds is 6. The fourth-order valence-electron chi connectivity index (χ4n) is 13.3. The fraction of sp³-hybridized carbons (Fsp3) is 1.00. The molecular formula is C39H64O14. The highest BCUT2D eigenvalue weighted by molar-refractivity contribution is 5.16. The van der Waals surface area contributed by atoms with Crippen molar-refractivity contribution in [1.82, 2.24) is 0 Å². The molecule has 14 heteroatoms. The molecule has 4 saturated heterocycles. The van der Waals surface area contributed by atoms with Gasteiger partial charge in [-0.15, -0.1) is 0 Å². The van der Waals surface area contributed by atoms with Crippen LogP contribution in [-0.2, 0) is 28.4 Å². The lowest BCUT2D eigenvalue weighted by Gasteiger charge is -2.61. The summed E-state index contributed by atoms with van der Waals surface area (Å²) in [5, 5.41) is 83.9. The van der Waals surface area contributed by atoms with Crippen molar-refractivity contribution in [2.24, 2.45) is 52.3 Å². The first kappa shape index (κ1) is 39.3. The Morgan fingerprint density at radius 1 is 0.679 bits per heavy atom.